The van der Waals surface area contributed by atoms with E-state index in [9.17, 15) is 26.4 Å². The first kappa shape index (κ1) is 19.0. The summed E-state index contributed by atoms with van der Waals surface area (Å²) in [5, 5.41) is 9.09. The van der Waals surface area contributed by atoms with Gasteiger partial charge in [0.25, 0.3) is 10.0 Å². The SMILES string of the molecule is Cc1ccc(S(=O)(=O)Nc2nc(C(F)(F)F)n3c2CN(C(=O)O)CC3)cc1. The zero-order valence-corrected chi connectivity index (χ0v) is 14.8. The van der Waals surface area contributed by atoms with Crippen LogP contribution in [-0.2, 0) is 29.3 Å². The summed E-state index contributed by atoms with van der Waals surface area (Å²) < 4.78 is 67.6. The van der Waals surface area contributed by atoms with Crippen LogP contribution in [0.1, 0.15) is 17.1 Å². The van der Waals surface area contributed by atoms with E-state index in [0.717, 1.165) is 15.0 Å². The molecule has 2 N–H and O–H groups in total. The highest BCUT2D eigenvalue weighted by atomic mass is 32.2. The lowest BCUT2D eigenvalue weighted by molar-refractivity contribution is -0.147. The Kier molecular flexibility index (Phi) is 4.54. The number of fused-ring (bicyclic) bond motifs is 1. The van der Waals surface area contributed by atoms with Crippen molar-refractivity contribution in [2.75, 3.05) is 11.3 Å². The molecule has 1 aliphatic heterocycles. The van der Waals surface area contributed by atoms with Gasteiger partial charge in [-0.1, -0.05) is 17.7 Å². The molecule has 8 nitrogen and oxygen atoms in total. The predicted molar refractivity (Wildman–Crippen MR) is 87.7 cm³/mol. The van der Waals surface area contributed by atoms with Crippen molar-refractivity contribution >= 4 is 21.9 Å². The van der Waals surface area contributed by atoms with Gasteiger partial charge in [0, 0.05) is 13.1 Å². The third-order valence-corrected chi connectivity index (χ3v) is 5.45. The molecule has 146 valence electrons. The summed E-state index contributed by atoms with van der Waals surface area (Å²) in [6, 6.07) is 5.72. The average Bonchev–Trinajstić information content (AvgIpc) is 2.93. The highest BCUT2D eigenvalue weighted by Gasteiger charge is 2.41. The molecule has 1 aliphatic rings. The summed E-state index contributed by atoms with van der Waals surface area (Å²) in [5.74, 6) is -1.81. The van der Waals surface area contributed by atoms with Crippen LogP contribution in [0.15, 0.2) is 29.2 Å². The number of nitrogens with one attached hydrogen (secondary N) is 1. The Hall–Kier alpha value is -2.76. The van der Waals surface area contributed by atoms with Gasteiger partial charge < -0.3 is 14.6 Å². The summed E-state index contributed by atoms with van der Waals surface area (Å²) in [6.45, 7) is 0.900. The number of alkyl halides is 3. The number of amides is 1. The lowest BCUT2D eigenvalue weighted by Crippen LogP contribution is -2.38. The molecule has 0 bridgehead atoms. The van der Waals surface area contributed by atoms with E-state index in [0.29, 0.717) is 0 Å². The first-order valence-electron chi connectivity index (χ1n) is 7.73. The molecule has 0 atom stereocenters. The number of hydrogen-bond acceptors (Lipinski definition) is 4. The van der Waals surface area contributed by atoms with Crippen molar-refractivity contribution in [3.63, 3.8) is 0 Å². The first-order chi connectivity index (χ1) is 12.5. The van der Waals surface area contributed by atoms with Gasteiger partial charge in [0.1, 0.15) is 0 Å². The van der Waals surface area contributed by atoms with E-state index >= 15 is 0 Å². The van der Waals surface area contributed by atoms with Gasteiger partial charge in [-0.05, 0) is 19.1 Å². The molecule has 0 radical (unpaired) electrons. The number of rotatable bonds is 3. The van der Waals surface area contributed by atoms with Crippen LogP contribution in [0.3, 0.4) is 0 Å². The predicted octanol–water partition coefficient (Wildman–Crippen LogP) is 2.50. The van der Waals surface area contributed by atoms with E-state index in [1.54, 1.807) is 19.1 Å². The van der Waals surface area contributed by atoms with Crippen molar-refractivity contribution in [2.45, 2.75) is 31.1 Å². The van der Waals surface area contributed by atoms with Crippen LogP contribution in [-0.4, -0.2) is 40.6 Å². The fourth-order valence-corrected chi connectivity index (χ4v) is 3.76. The number of aryl methyl sites for hydroxylation is 1. The summed E-state index contributed by atoms with van der Waals surface area (Å²) in [4.78, 5) is 15.3. The van der Waals surface area contributed by atoms with Crippen molar-refractivity contribution < 1.29 is 31.5 Å². The van der Waals surface area contributed by atoms with Gasteiger partial charge in [-0.15, -0.1) is 0 Å². The fraction of sp³-hybridized carbons (Fsp3) is 0.333. The van der Waals surface area contributed by atoms with Gasteiger partial charge in [0.15, 0.2) is 5.82 Å². The second-order valence-electron chi connectivity index (χ2n) is 6.00. The zero-order chi connectivity index (χ0) is 20.0. The molecule has 1 aromatic heterocycles. The Morgan fingerprint density at radius 1 is 1.22 bits per heavy atom. The minimum Gasteiger partial charge on any atom is -0.465 e. The molecule has 0 unspecified atom stereocenters. The molecule has 27 heavy (non-hydrogen) atoms. The number of carbonyl (C=O) groups is 1. The molecule has 0 aliphatic carbocycles. The molecule has 2 aromatic rings. The Morgan fingerprint density at radius 3 is 2.41 bits per heavy atom. The van der Waals surface area contributed by atoms with Crippen molar-refractivity contribution in [1.82, 2.24) is 14.5 Å². The Balaban J connectivity index is 2.04. The van der Waals surface area contributed by atoms with Crippen LogP contribution < -0.4 is 4.72 Å². The fourth-order valence-electron chi connectivity index (χ4n) is 2.73. The summed E-state index contributed by atoms with van der Waals surface area (Å²) in [6.07, 6.45) is -6.13. The van der Waals surface area contributed by atoms with E-state index in [2.05, 4.69) is 9.71 Å². The lowest BCUT2D eigenvalue weighted by Gasteiger charge is -2.27. The largest absolute Gasteiger partial charge is 0.465 e. The summed E-state index contributed by atoms with van der Waals surface area (Å²) >= 11 is 0. The standard InChI is InChI=1S/C15H15F3N4O4S/c1-9-2-4-10(5-3-9)27(25,26)20-12-11-8-21(14(23)24)6-7-22(11)13(19-12)15(16,17)18/h2-5,20H,6-8H2,1H3,(H,23,24). The zero-order valence-electron chi connectivity index (χ0n) is 14.0. The molecule has 0 saturated heterocycles. The number of sulfonamides is 1. The van der Waals surface area contributed by atoms with Crippen LogP contribution in [0, 0.1) is 6.92 Å². The topological polar surface area (TPSA) is 105 Å². The van der Waals surface area contributed by atoms with Crippen molar-refractivity contribution in [2.24, 2.45) is 0 Å². The number of nitrogens with zero attached hydrogens (tertiary/aromatic N) is 3. The summed E-state index contributed by atoms with van der Waals surface area (Å²) in [5.41, 5.74) is 0.649. The molecular weight excluding hydrogens is 389 g/mol. The van der Waals surface area contributed by atoms with Crippen LogP contribution >= 0.6 is 0 Å². The molecule has 3 rings (SSSR count). The number of halogens is 3. The number of benzene rings is 1. The smallest absolute Gasteiger partial charge is 0.449 e. The molecule has 0 spiro atoms. The maximum absolute atomic E-state index is 13.3. The van der Waals surface area contributed by atoms with Crippen LogP contribution in [0.25, 0.3) is 0 Å². The maximum atomic E-state index is 13.3. The van der Waals surface area contributed by atoms with Crippen LogP contribution in [0.5, 0.6) is 0 Å². The Labute approximate surface area is 152 Å². The van der Waals surface area contributed by atoms with Gasteiger partial charge in [0.2, 0.25) is 5.82 Å². The van der Waals surface area contributed by atoms with E-state index in [1.807, 2.05) is 0 Å². The first-order valence-corrected chi connectivity index (χ1v) is 9.21. The highest BCUT2D eigenvalue weighted by molar-refractivity contribution is 7.92. The van der Waals surface area contributed by atoms with Gasteiger partial charge in [-0.3, -0.25) is 4.72 Å². The third kappa shape index (κ3) is 3.70. The second-order valence-corrected chi connectivity index (χ2v) is 7.69. The molecule has 2 heterocycles. The molecular formula is C15H15F3N4O4S. The van der Waals surface area contributed by atoms with Gasteiger partial charge in [-0.25, -0.2) is 18.2 Å². The lowest BCUT2D eigenvalue weighted by atomic mass is 10.2. The normalized spacial score (nSPS) is 14.7. The highest BCUT2D eigenvalue weighted by Crippen LogP contribution is 2.34. The number of hydrogen-bond donors (Lipinski definition) is 2. The average molecular weight is 404 g/mol. The van der Waals surface area contributed by atoms with Crippen molar-refractivity contribution in [3.8, 4) is 0 Å². The third-order valence-electron chi connectivity index (χ3n) is 4.09. The molecule has 0 fully saturated rings. The van der Waals surface area contributed by atoms with Crippen LogP contribution in [0.4, 0.5) is 23.8 Å². The van der Waals surface area contributed by atoms with E-state index < -0.39 is 40.5 Å². The van der Waals surface area contributed by atoms with Crippen LogP contribution in [0.2, 0.25) is 0 Å². The van der Waals surface area contributed by atoms with Gasteiger partial charge >= 0.3 is 12.3 Å². The molecule has 0 saturated carbocycles. The number of carboxylic acid groups (broad SMARTS) is 1. The van der Waals surface area contributed by atoms with Crippen molar-refractivity contribution in [3.05, 3.63) is 41.3 Å². The minimum atomic E-state index is -4.81. The number of anilines is 1. The van der Waals surface area contributed by atoms with Gasteiger partial charge in [-0.2, -0.15) is 13.2 Å². The van der Waals surface area contributed by atoms with E-state index in [1.165, 1.54) is 12.1 Å². The number of aromatic nitrogens is 2. The van der Waals surface area contributed by atoms with E-state index in [4.69, 9.17) is 5.11 Å². The second kappa shape index (κ2) is 6.44. The Morgan fingerprint density at radius 2 is 1.85 bits per heavy atom. The molecule has 1 amide bonds. The summed E-state index contributed by atoms with van der Waals surface area (Å²) in [7, 11) is -4.19. The van der Waals surface area contributed by atoms with Gasteiger partial charge in [0.05, 0.1) is 17.1 Å². The monoisotopic (exact) mass is 404 g/mol. The number of imidazole rings is 1. The Bertz CT molecular complexity index is 984. The van der Waals surface area contributed by atoms with Crippen molar-refractivity contribution in [1.29, 1.82) is 0 Å². The molecule has 12 heteroatoms. The van der Waals surface area contributed by atoms with E-state index in [-0.39, 0.29) is 23.7 Å². The maximum Gasteiger partial charge on any atom is 0.449 e. The quantitative estimate of drug-likeness (QED) is 0.818. The minimum absolute atomic E-state index is 0.144. The molecule has 1 aromatic carbocycles.